The van der Waals surface area contributed by atoms with Crippen molar-refractivity contribution in [2.75, 3.05) is 18.5 Å². The molecule has 1 aromatic rings. The minimum Gasteiger partial charge on any atom is -0.477 e. The van der Waals surface area contributed by atoms with E-state index < -0.39 is 0 Å². The lowest BCUT2D eigenvalue weighted by atomic mass is 9.95. The van der Waals surface area contributed by atoms with Crippen LogP contribution < -0.4 is 10.1 Å². The summed E-state index contributed by atoms with van der Waals surface area (Å²) >= 11 is 0. The van der Waals surface area contributed by atoms with E-state index in [0.717, 1.165) is 42.2 Å². The molecule has 0 unspecified atom stereocenters. The molecule has 2 rings (SSSR count). The number of hydrogen-bond donors (Lipinski definition) is 1. The molecule has 1 heterocycles. The lowest BCUT2D eigenvalue weighted by molar-refractivity contribution is 0.283. The fourth-order valence-corrected chi connectivity index (χ4v) is 1.79. The van der Waals surface area contributed by atoms with Crippen LogP contribution in [0.15, 0.2) is 0 Å². The molecule has 1 saturated carbocycles. The van der Waals surface area contributed by atoms with E-state index in [2.05, 4.69) is 43.0 Å². The van der Waals surface area contributed by atoms with Gasteiger partial charge in [0.15, 0.2) is 0 Å². The Morgan fingerprint density at radius 2 is 1.95 bits per heavy atom. The molecule has 1 N–H and O–H groups in total. The molecule has 106 valence electrons. The Kier molecular flexibility index (Phi) is 3.97. The fourth-order valence-electron chi connectivity index (χ4n) is 1.79. The fraction of sp³-hybridized carbons (Fsp3) is 0.733. The van der Waals surface area contributed by atoms with Crippen molar-refractivity contribution in [3.8, 4) is 5.88 Å². The topological polar surface area (TPSA) is 47.0 Å². The first kappa shape index (κ1) is 14.1. The zero-order chi connectivity index (χ0) is 14.0. The molecule has 1 aliphatic rings. The van der Waals surface area contributed by atoms with Gasteiger partial charge in [-0.15, -0.1) is 0 Å². The Hall–Kier alpha value is -1.32. The summed E-state index contributed by atoms with van der Waals surface area (Å²) < 4.78 is 5.89. The highest BCUT2D eigenvalue weighted by molar-refractivity contribution is 5.49. The van der Waals surface area contributed by atoms with Gasteiger partial charge in [-0.05, 0) is 32.6 Å². The molecule has 0 atom stereocenters. The van der Waals surface area contributed by atoms with E-state index in [4.69, 9.17) is 4.74 Å². The first-order valence-corrected chi connectivity index (χ1v) is 7.17. The molecule has 1 aromatic heterocycles. The average molecular weight is 263 g/mol. The Balaban J connectivity index is 2.29. The maximum atomic E-state index is 5.89. The number of aromatic nitrogens is 2. The highest BCUT2D eigenvalue weighted by Crippen LogP contribution is 2.32. The van der Waals surface area contributed by atoms with Crippen molar-refractivity contribution >= 4 is 5.82 Å². The van der Waals surface area contributed by atoms with Gasteiger partial charge in [0, 0.05) is 12.0 Å². The summed E-state index contributed by atoms with van der Waals surface area (Å²) in [5, 5.41) is 3.30. The van der Waals surface area contributed by atoms with Crippen LogP contribution >= 0.6 is 0 Å². The standard InChI is InChI=1S/C15H25N3O/c1-6-16-12-10(2)13(19-9-11-7-8-11)18-14(17-12)15(3,4)5/h11H,6-9H2,1-5H3,(H,16,17,18). The average Bonchev–Trinajstić information content (AvgIpc) is 3.13. The van der Waals surface area contributed by atoms with Gasteiger partial charge in [0.05, 0.1) is 12.2 Å². The van der Waals surface area contributed by atoms with Crippen molar-refractivity contribution in [1.82, 2.24) is 9.97 Å². The first-order valence-electron chi connectivity index (χ1n) is 7.17. The van der Waals surface area contributed by atoms with Crippen LogP contribution in [0.5, 0.6) is 5.88 Å². The van der Waals surface area contributed by atoms with Crippen LogP contribution in [0.2, 0.25) is 0 Å². The number of nitrogens with zero attached hydrogens (tertiary/aromatic N) is 2. The van der Waals surface area contributed by atoms with Crippen molar-refractivity contribution in [2.45, 2.75) is 52.9 Å². The third kappa shape index (κ3) is 3.58. The Morgan fingerprint density at radius 3 is 2.47 bits per heavy atom. The maximum absolute atomic E-state index is 5.89. The molecule has 1 aliphatic carbocycles. The maximum Gasteiger partial charge on any atom is 0.221 e. The molecule has 0 radical (unpaired) electrons. The Morgan fingerprint density at radius 1 is 1.26 bits per heavy atom. The molecule has 0 spiro atoms. The largest absolute Gasteiger partial charge is 0.477 e. The monoisotopic (exact) mass is 263 g/mol. The number of hydrogen-bond acceptors (Lipinski definition) is 4. The smallest absolute Gasteiger partial charge is 0.221 e. The highest BCUT2D eigenvalue weighted by Gasteiger charge is 2.25. The van der Waals surface area contributed by atoms with Gasteiger partial charge >= 0.3 is 0 Å². The van der Waals surface area contributed by atoms with Gasteiger partial charge < -0.3 is 10.1 Å². The van der Waals surface area contributed by atoms with Crippen LogP contribution in [0.1, 0.15) is 51.9 Å². The van der Waals surface area contributed by atoms with Crippen LogP contribution in [-0.2, 0) is 5.41 Å². The lowest BCUT2D eigenvalue weighted by Crippen LogP contribution is -2.19. The molecular formula is C15H25N3O. The molecule has 4 nitrogen and oxygen atoms in total. The number of nitrogens with one attached hydrogen (secondary N) is 1. The minimum absolute atomic E-state index is 0.0738. The van der Waals surface area contributed by atoms with Crippen molar-refractivity contribution in [3.05, 3.63) is 11.4 Å². The van der Waals surface area contributed by atoms with Crippen LogP contribution in [-0.4, -0.2) is 23.1 Å². The van der Waals surface area contributed by atoms with Gasteiger partial charge in [0.25, 0.3) is 0 Å². The van der Waals surface area contributed by atoms with Gasteiger partial charge in [-0.25, -0.2) is 4.98 Å². The summed E-state index contributed by atoms with van der Waals surface area (Å²) in [4.78, 5) is 9.25. The van der Waals surface area contributed by atoms with Crippen LogP contribution in [0.4, 0.5) is 5.82 Å². The minimum atomic E-state index is -0.0738. The Bertz CT molecular complexity index is 447. The van der Waals surface area contributed by atoms with E-state index in [0.29, 0.717) is 0 Å². The quantitative estimate of drug-likeness (QED) is 0.885. The van der Waals surface area contributed by atoms with Gasteiger partial charge in [0.2, 0.25) is 5.88 Å². The van der Waals surface area contributed by atoms with E-state index in [9.17, 15) is 0 Å². The summed E-state index contributed by atoms with van der Waals surface area (Å²) in [5.74, 6) is 3.20. The summed E-state index contributed by atoms with van der Waals surface area (Å²) in [5.41, 5.74) is 0.936. The number of ether oxygens (including phenoxy) is 1. The van der Waals surface area contributed by atoms with E-state index in [-0.39, 0.29) is 5.41 Å². The molecule has 4 heteroatoms. The second-order valence-electron chi connectivity index (χ2n) is 6.36. The molecule has 0 bridgehead atoms. The van der Waals surface area contributed by atoms with Gasteiger partial charge in [-0.1, -0.05) is 20.8 Å². The summed E-state index contributed by atoms with van der Waals surface area (Å²) in [6.45, 7) is 12.1. The second kappa shape index (κ2) is 5.35. The molecule has 19 heavy (non-hydrogen) atoms. The predicted octanol–water partition coefficient (Wildman–Crippen LogP) is 3.30. The third-order valence-electron chi connectivity index (χ3n) is 3.27. The molecule has 1 fully saturated rings. The zero-order valence-electron chi connectivity index (χ0n) is 12.7. The molecular weight excluding hydrogens is 238 g/mol. The number of rotatable bonds is 5. The highest BCUT2D eigenvalue weighted by atomic mass is 16.5. The Labute approximate surface area is 116 Å². The van der Waals surface area contributed by atoms with Crippen molar-refractivity contribution in [2.24, 2.45) is 5.92 Å². The van der Waals surface area contributed by atoms with Crippen molar-refractivity contribution in [3.63, 3.8) is 0 Å². The van der Waals surface area contributed by atoms with Crippen molar-refractivity contribution < 1.29 is 4.74 Å². The molecule has 0 aliphatic heterocycles. The predicted molar refractivity (Wildman–Crippen MR) is 77.9 cm³/mol. The van der Waals surface area contributed by atoms with Crippen LogP contribution in [0.3, 0.4) is 0 Å². The molecule has 0 saturated heterocycles. The lowest BCUT2D eigenvalue weighted by Gasteiger charge is -2.20. The van der Waals surface area contributed by atoms with Crippen molar-refractivity contribution in [1.29, 1.82) is 0 Å². The van der Waals surface area contributed by atoms with Gasteiger partial charge in [-0.2, -0.15) is 4.98 Å². The first-order chi connectivity index (χ1) is 8.91. The molecule has 0 amide bonds. The van der Waals surface area contributed by atoms with Crippen LogP contribution in [0, 0.1) is 12.8 Å². The summed E-state index contributed by atoms with van der Waals surface area (Å²) in [7, 11) is 0. The second-order valence-corrected chi connectivity index (χ2v) is 6.36. The van der Waals surface area contributed by atoms with Gasteiger partial charge in [-0.3, -0.25) is 0 Å². The summed E-state index contributed by atoms with van der Waals surface area (Å²) in [6, 6.07) is 0. The SMILES string of the molecule is CCNc1nc(C(C)(C)C)nc(OCC2CC2)c1C. The zero-order valence-corrected chi connectivity index (χ0v) is 12.7. The normalized spacial score (nSPS) is 15.4. The molecule has 0 aromatic carbocycles. The van der Waals surface area contributed by atoms with E-state index in [1.807, 2.05) is 6.92 Å². The van der Waals surface area contributed by atoms with E-state index in [1.165, 1.54) is 12.8 Å². The summed E-state index contributed by atoms with van der Waals surface area (Å²) in [6.07, 6.45) is 2.58. The third-order valence-corrected chi connectivity index (χ3v) is 3.27. The van der Waals surface area contributed by atoms with Crippen LogP contribution in [0.25, 0.3) is 0 Å². The van der Waals surface area contributed by atoms with E-state index in [1.54, 1.807) is 0 Å². The van der Waals surface area contributed by atoms with E-state index >= 15 is 0 Å². The van der Waals surface area contributed by atoms with Gasteiger partial charge in [0.1, 0.15) is 11.6 Å². The number of anilines is 1.